The van der Waals surface area contributed by atoms with E-state index in [1.807, 2.05) is 6.92 Å². The van der Waals surface area contributed by atoms with Crippen LogP contribution >= 0.6 is 0 Å². The van der Waals surface area contributed by atoms with Crippen LogP contribution < -0.4 is 5.69 Å². The highest BCUT2D eigenvalue weighted by Gasteiger charge is 2.35. The first kappa shape index (κ1) is 13.5. The van der Waals surface area contributed by atoms with Gasteiger partial charge in [-0.2, -0.15) is 4.98 Å². The molecule has 0 saturated carbocycles. The van der Waals surface area contributed by atoms with Crippen molar-refractivity contribution < 1.29 is 9.13 Å². The minimum absolute atomic E-state index is 0.0339. The van der Waals surface area contributed by atoms with Crippen molar-refractivity contribution in [1.29, 1.82) is 0 Å². The van der Waals surface area contributed by atoms with Crippen LogP contribution in [0.25, 0.3) is 10.4 Å². The van der Waals surface area contributed by atoms with E-state index in [9.17, 15) is 9.18 Å². The number of ether oxygens (including phenoxy) is 1. The van der Waals surface area contributed by atoms with Crippen molar-refractivity contribution in [2.24, 2.45) is 5.11 Å². The molecule has 1 aliphatic rings. The monoisotopic (exact) mass is 267 g/mol. The number of hydrogen-bond acceptors (Lipinski definition) is 4. The Bertz CT molecular complexity index is 581. The zero-order chi connectivity index (χ0) is 14.0. The quantitative estimate of drug-likeness (QED) is 0.476. The van der Waals surface area contributed by atoms with Crippen molar-refractivity contribution in [1.82, 2.24) is 9.55 Å². The van der Waals surface area contributed by atoms with Gasteiger partial charge in [0.15, 0.2) is 5.82 Å². The standard InChI is InChI=1S/C11H14FN5O2/c1-3-7-4-9(15-16-13)10(19-7)17-5-8(12)6(2)14-11(17)18/h5,7,9-10H,3-4H2,1-2H3/t7-,9?,10-/m1/s1. The van der Waals surface area contributed by atoms with Gasteiger partial charge in [0.2, 0.25) is 0 Å². The summed E-state index contributed by atoms with van der Waals surface area (Å²) >= 11 is 0. The minimum atomic E-state index is -0.795. The summed E-state index contributed by atoms with van der Waals surface area (Å²) in [6.45, 7) is 3.34. The van der Waals surface area contributed by atoms with Crippen LogP contribution in [0.1, 0.15) is 31.7 Å². The Morgan fingerprint density at radius 1 is 1.74 bits per heavy atom. The van der Waals surface area contributed by atoms with E-state index in [0.717, 1.165) is 17.2 Å². The molecular weight excluding hydrogens is 253 g/mol. The predicted octanol–water partition coefficient (Wildman–Crippen LogP) is 2.07. The lowest BCUT2D eigenvalue weighted by Gasteiger charge is -2.17. The molecule has 0 aromatic carbocycles. The van der Waals surface area contributed by atoms with Gasteiger partial charge in [0.05, 0.1) is 17.8 Å². The first-order valence-electron chi connectivity index (χ1n) is 6.01. The maximum Gasteiger partial charge on any atom is 0.350 e. The third-order valence-electron chi connectivity index (χ3n) is 3.18. The molecule has 2 rings (SSSR count). The van der Waals surface area contributed by atoms with Crippen molar-refractivity contribution in [3.8, 4) is 0 Å². The van der Waals surface area contributed by atoms with Gasteiger partial charge in [-0.05, 0) is 25.3 Å². The zero-order valence-corrected chi connectivity index (χ0v) is 10.7. The largest absolute Gasteiger partial charge is 0.354 e. The molecule has 0 radical (unpaired) electrons. The summed E-state index contributed by atoms with van der Waals surface area (Å²) in [5.41, 5.74) is 7.97. The van der Waals surface area contributed by atoms with Crippen molar-refractivity contribution in [3.05, 3.63) is 38.6 Å². The van der Waals surface area contributed by atoms with Gasteiger partial charge in [-0.25, -0.2) is 9.18 Å². The molecule has 1 saturated heterocycles. The molecule has 1 aliphatic heterocycles. The molecule has 3 atom stereocenters. The van der Waals surface area contributed by atoms with E-state index in [2.05, 4.69) is 15.0 Å². The third-order valence-corrected chi connectivity index (χ3v) is 3.18. The molecule has 0 bridgehead atoms. The van der Waals surface area contributed by atoms with Gasteiger partial charge >= 0.3 is 5.69 Å². The number of aryl methyl sites for hydroxylation is 1. The summed E-state index contributed by atoms with van der Waals surface area (Å²) in [6.07, 6.45) is 1.37. The second-order valence-corrected chi connectivity index (χ2v) is 4.43. The van der Waals surface area contributed by atoms with Crippen LogP contribution in [0.2, 0.25) is 0 Å². The van der Waals surface area contributed by atoms with E-state index in [-0.39, 0.29) is 11.8 Å². The second-order valence-electron chi connectivity index (χ2n) is 4.43. The second kappa shape index (κ2) is 5.38. The fourth-order valence-electron chi connectivity index (χ4n) is 2.12. The van der Waals surface area contributed by atoms with E-state index >= 15 is 0 Å². The minimum Gasteiger partial charge on any atom is -0.354 e. The van der Waals surface area contributed by atoms with E-state index < -0.39 is 23.8 Å². The SMILES string of the molecule is CC[C@@H]1CC(N=[N+]=[N-])[C@H](n2cc(F)c(C)nc2=O)O1. The summed E-state index contributed by atoms with van der Waals surface area (Å²) in [4.78, 5) is 18.1. The van der Waals surface area contributed by atoms with Gasteiger partial charge in [-0.1, -0.05) is 12.0 Å². The summed E-state index contributed by atoms with van der Waals surface area (Å²) in [6, 6.07) is -0.531. The van der Waals surface area contributed by atoms with Crippen LogP contribution in [-0.2, 0) is 4.74 Å². The number of azide groups is 1. The van der Waals surface area contributed by atoms with Crippen molar-refractivity contribution >= 4 is 0 Å². The maximum absolute atomic E-state index is 13.5. The molecule has 7 nitrogen and oxygen atoms in total. The van der Waals surface area contributed by atoms with E-state index in [4.69, 9.17) is 10.3 Å². The number of halogens is 1. The number of aromatic nitrogens is 2. The number of hydrogen-bond donors (Lipinski definition) is 0. The Morgan fingerprint density at radius 3 is 3.11 bits per heavy atom. The average molecular weight is 267 g/mol. The smallest absolute Gasteiger partial charge is 0.350 e. The molecule has 1 fully saturated rings. The fraction of sp³-hybridized carbons (Fsp3) is 0.636. The molecule has 0 N–H and O–H groups in total. The van der Waals surface area contributed by atoms with Crippen LogP contribution in [0, 0.1) is 12.7 Å². The summed E-state index contributed by atoms with van der Waals surface area (Å²) in [7, 11) is 0. The fourth-order valence-corrected chi connectivity index (χ4v) is 2.12. The van der Waals surface area contributed by atoms with Gasteiger partial charge in [0.1, 0.15) is 6.23 Å². The first-order chi connectivity index (χ1) is 9.06. The lowest BCUT2D eigenvalue weighted by Crippen LogP contribution is -2.32. The van der Waals surface area contributed by atoms with E-state index in [1.165, 1.54) is 6.92 Å². The molecule has 0 spiro atoms. The van der Waals surface area contributed by atoms with Crippen LogP contribution in [0.5, 0.6) is 0 Å². The van der Waals surface area contributed by atoms with E-state index in [1.54, 1.807) is 0 Å². The molecule has 8 heteroatoms. The molecule has 0 aliphatic carbocycles. The van der Waals surface area contributed by atoms with E-state index in [0.29, 0.717) is 6.42 Å². The molecule has 1 aromatic rings. The van der Waals surface area contributed by atoms with Crippen molar-refractivity contribution in [3.63, 3.8) is 0 Å². The zero-order valence-electron chi connectivity index (χ0n) is 10.7. The third kappa shape index (κ3) is 2.59. The van der Waals surface area contributed by atoms with Crippen molar-refractivity contribution in [2.75, 3.05) is 0 Å². The van der Waals surface area contributed by atoms with Gasteiger partial charge < -0.3 is 4.74 Å². The molecule has 19 heavy (non-hydrogen) atoms. The molecule has 2 heterocycles. The molecule has 1 unspecified atom stereocenters. The Balaban J connectivity index is 2.41. The average Bonchev–Trinajstić information content (AvgIpc) is 2.77. The first-order valence-corrected chi connectivity index (χ1v) is 6.01. The van der Waals surface area contributed by atoms with Crippen molar-refractivity contribution in [2.45, 2.75) is 45.1 Å². The molecule has 102 valence electrons. The van der Waals surface area contributed by atoms with Crippen LogP contribution in [0.3, 0.4) is 0 Å². The topological polar surface area (TPSA) is 92.9 Å². The summed E-state index contributed by atoms with van der Waals surface area (Å²) < 4.78 is 20.2. The lowest BCUT2D eigenvalue weighted by molar-refractivity contribution is -0.00710. The van der Waals surface area contributed by atoms with Gasteiger partial charge in [-0.3, -0.25) is 4.57 Å². The number of nitrogens with zero attached hydrogens (tertiary/aromatic N) is 5. The summed E-state index contributed by atoms with van der Waals surface area (Å²) in [5, 5.41) is 3.62. The molecular formula is C11H14FN5O2. The highest BCUT2D eigenvalue weighted by Crippen LogP contribution is 2.32. The lowest BCUT2D eigenvalue weighted by atomic mass is 10.1. The van der Waals surface area contributed by atoms with Gasteiger partial charge in [-0.15, -0.1) is 0 Å². The highest BCUT2D eigenvalue weighted by atomic mass is 19.1. The maximum atomic E-state index is 13.5. The van der Waals surface area contributed by atoms with Crippen LogP contribution in [0.4, 0.5) is 4.39 Å². The van der Waals surface area contributed by atoms with Crippen LogP contribution in [-0.4, -0.2) is 21.7 Å². The van der Waals surface area contributed by atoms with Gasteiger partial charge in [0.25, 0.3) is 0 Å². The predicted molar refractivity (Wildman–Crippen MR) is 64.9 cm³/mol. The Morgan fingerprint density at radius 2 is 2.47 bits per heavy atom. The van der Waals surface area contributed by atoms with Gasteiger partial charge in [0, 0.05) is 11.1 Å². The highest BCUT2D eigenvalue weighted by molar-refractivity contribution is 5.01. The molecule has 1 aromatic heterocycles. The number of rotatable bonds is 3. The molecule has 0 amide bonds. The Kier molecular flexibility index (Phi) is 3.82. The normalized spacial score (nSPS) is 26.2. The summed E-state index contributed by atoms with van der Waals surface area (Å²) in [5.74, 6) is -0.595. The Hall–Kier alpha value is -1.92. The van der Waals surface area contributed by atoms with Crippen LogP contribution in [0.15, 0.2) is 16.1 Å². The Labute approximate surface area is 108 Å².